The number of hydrogen-bond acceptors (Lipinski definition) is 19. The van der Waals surface area contributed by atoms with E-state index >= 15 is 0 Å². The number of aliphatic imine (C=N–C) groups is 3. The SMILES string of the molecule is NCCCC[C@H](NC(=O)[C@H](CCCN=C(N)N)NC(=O)[C@H](CCCN=C(N)N)NC(=O)[C@H](CCC(N)=O)NC(=O)[C@H](CCCCN)NC(=O)[C@H](Cc1ccc(O)cc1)NC(=O)[C@H](CCCCN)NC(=O)[C@H](CCCCN)NC(=O)[C@@H](N)CCCN=C(N)N)C(N)=O. The fourth-order valence-corrected chi connectivity index (χ4v) is 9.08. The predicted octanol–water partition coefficient (Wildman–Crippen LogP) is -7.43. The van der Waals surface area contributed by atoms with E-state index < -0.39 is 126 Å². The van der Waals surface area contributed by atoms with Crippen molar-refractivity contribution >= 4 is 77.0 Å². The van der Waals surface area contributed by atoms with Crippen LogP contribution in [0.5, 0.6) is 5.75 Å². The molecule has 0 aliphatic heterocycles. The van der Waals surface area contributed by atoms with E-state index in [4.69, 9.17) is 74.5 Å². The number of guanidine groups is 3. The Morgan fingerprint density at radius 3 is 0.945 bits per heavy atom. The van der Waals surface area contributed by atoms with Gasteiger partial charge in [0.2, 0.25) is 59.1 Å². The summed E-state index contributed by atoms with van der Waals surface area (Å²) in [5, 5.41) is 31.3. The van der Waals surface area contributed by atoms with Crippen molar-refractivity contribution in [3.63, 3.8) is 0 Å². The van der Waals surface area contributed by atoms with Crippen LogP contribution in [0.3, 0.4) is 0 Å². The highest BCUT2D eigenvalue weighted by Crippen LogP contribution is 2.15. The zero-order chi connectivity index (χ0) is 68.3. The molecule has 0 saturated carbocycles. The lowest BCUT2D eigenvalue weighted by atomic mass is 10.0. The molecule has 0 aliphatic rings. The first-order valence-corrected chi connectivity index (χ1v) is 30.8. The van der Waals surface area contributed by atoms with E-state index in [2.05, 4.69) is 57.5 Å². The molecule has 1 aromatic rings. The van der Waals surface area contributed by atoms with Crippen molar-refractivity contribution in [2.75, 3.05) is 45.8 Å². The number of phenolic OH excluding ortho intramolecular Hbond substituents is 1. The van der Waals surface area contributed by atoms with E-state index in [1.165, 1.54) is 24.3 Å². The number of carbonyl (C=O) groups is 10. The second-order valence-electron chi connectivity index (χ2n) is 21.9. The van der Waals surface area contributed by atoms with Crippen LogP contribution in [0.2, 0.25) is 0 Å². The molecule has 0 radical (unpaired) electrons. The lowest BCUT2D eigenvalue weighted by molar-refractivity contribution is -0.136. The maximum atomic E-state index is 14.7. The van der Waals surface area contributed by atoms with Gasteiger partial charge in [-0.15, -0.1) is 0 Å². The number of nitrogens with two attached hydrogens (primary N) is 13. The first-order chi connectivity index (χ1) is 43.3. The van der Waals surface area contributed by atoms with Crippen LogP contribution >= 0.6 is 0 Å². The van der Waals surface area contributed by atoms with Gasteiger partial charge < -0.3 is 122 Å². The topological polar surface area (TPSA) is 663 Å². The Hall–Kier alpha value is -8.67. The van der Waals surface area contributed by atoms with Crippen molar-refractivity contribution in [3.8, 4) is 5.75 Å². The normalized spacial score (nSPS) is 13.9. The molecular weight excluding hydrogens is 1180 g/mol. The number of aromatic hydroxyl groups is 1. The quantitative estimate of drug-likeness (QED) is 0.0164. The Morgan fingerprint density at radius 1 is 0.352 bits per heavy atom. The lowest BCUT2D eigenvalue weighted by Gasteiger charge is -2.28. The van der Waals surface area contributed by atoms with Gasteiger partial charge in [-0.2, -0.15) is 0 Å². The average molecular weight is 1290 g/mol. The summed E-state index contributed by atoms with van der Waals surface area (Å²) in [5.74, 6) is -9.21. The Kier molecular flexibility index (Phi) is 41.0. The number of primary amides is 2. The van der Waals surface area contributed by atoms with E-state index in [9.17, 15) is 53.1 Å². The summed E-state index contributed by atoms with van der Waals surface area (Å²) >= 11 is 0. The van der Waals surface area contributed by atoms with Gasteiger partial charge in [-0.25, -0.2) is 0 Å². The molecule has 514 valence electrons. The maximum Gasteiger partial charge on any atom is 0.243 e. The summed E-state index contributed by atoms with van der Waals surface area (Å²) in [6, 6.07) is -6.36. The van der Waals surface area contributed by atoms with Crippen molar-refractivity contribution < 1.29 is 53.1 Å². The molecule has 9 atom stereocenters. The first-order valence-electron chi connectivity index (χ1n) is 30.8. The van der Waals surface area contributed by atoms with Gasteiger partial charge in [-0.1, -0.05) is 12.1 Å². The van der Waals surface area contributed by atoms with Crippen molar-refractivity contribution in [2.24, 2.45) is 89.5 Å². The van der Waals surface area contributed by atoms with E-state index in [1.807, 2.05) is 0 Å². The maximum absolute atomic E-state index is 14.7. The van der Waals surface area contributed by atoms with E-state index in [0.717, 1.165) is 0 Å². The third kappa shape index (κ3) is 35.9. The van der Waals surface area contributed by atoms with E-state index in [0.29, 0.717) is 70.0 Å². The minimum Gasteiger partial charge on any atom is -0.508 e. The molecule has 91 heavy (non-hydrogen) atoms. The number of benzene rings is 1. The van der Waals surface area contributed by atoms with Crippen LogP contribution in [0.1, 0.15) is 134 Å². The third-order valence-corrected chi connectivity index (χ3v) is 14.1. The van der Waals surface area contributed by atoms with E-state index in [-0.39, 0.29) is 127 Å². The number of hydrogen-bond donors (Lipinski definition) is 22. The standard InChI is InChI=1S/C56H104N24O11/c57-25-5-1-13-36(45(63)83)73-47(85)40(17-10-30-71-55(66)67)76-50(88)41(18-11-31-72-56(68)69)77-52(90)42(23-24-44(62)82)79-49(87)38(15-3-7-27-59)78-53(91)43(32-33-19-21-34(81)22-20-33)80-51(89)39(16-4-8-28-60)75-48(86)37(14-2-6-26-58)74-46(84)35(61)12-9-29-70-54(64)65/h19-22,35-43,81H,1-18,23-32,57-61H2,(H2,62,82)(H2,63,83)(H,73,85)(H,74,84)(H,75,86)(H,76,88)(H,77,90)(H,78,91)(H,79,87)(H,80,89)(H4,64,65,70)(H4,66,67,71)(H4,68,69,72)/t35-,36-,37-,38-,39-,40-,41-,42-,43-/m0/s1. The predicted molar refractivity (Wildman–Crippen MR) is 344 cm³/mol. The monoisotopic (exact) mass is 1290 g/mol. The van der Waals surface area contributed by atoms with Crippen molar-refractivity contribution in [3.05, 3.63) is 29.8 Å². The fraction of sp³-hybridized carbons (Fsp3) is 0.661. The number of nitrogens with zero attached hydrogens (tertiary/aromatic N) is 3. The number of rotatable bonds is 50. The van der Waals surface area contributed by atoms with Gasteiger partial charge in [0.05, 0.1) is 6.04 Å². The second-order valence-corrected chi connectivity index (χ2v) is 21.9. The zero-order valence-corrected chi connectivity index (χ0v) is 52.2. The molecule has 0 fully saturated rings. The van der Waals surface area contributed by atoms with Crippen LogP contribution in [-0.4, -0.2) is 182 Å². The van der Waals surface area contributed by atoms with Gasteiger partial charge in [0.1, 0.15) is 54.1 Å². The number of carbonyl (C=O) groups excluding carboxylic acids is 10. The van der Waals surface area contributed by atoms with Crippen molar-refractivity contribution in [1.29, 1.82) is 0 Å². The Labute approximate surface area is 531 Å². The van der Waals surface area contributed by atoms with E-state index in [1.54, 1.807) is 0 Å². The van der Waals surface area contributed by atoms with Crippen molar-refractivity contribution in [2.45, 2.75) is 189 Å². The average Bonchev–Trinajstić information content (AvgIpc) is 1.17. The number of nitrogens with one attached hydrogen (secondary N) is 8. The fourth-order valence-electron chi connectivity index (χ4n) is 9.08. The van der Waals surface area contributed by atoms with Crippen LogP contribution in [0.25, 0.3) is 0 Å². The van der Waals surface area contributed by atoms with Gasteiger partial charge in [0.15, 0.2) is 17.9 Å². The molecule has 10 amide bonds. The zero-order valence-electron chi connectivity index (χ0n) is 52.2. The smallest absolute Gasteiger partial charge is 0.243 e. The highest BCUT2D eigenvalue weighted by Gasteiger charge is 2.35. The summed E-state index contributed by atoms with van der Waals surface area (Å²) in [7, 11) is 0. The Bertz CT molecular complexity index is 2510. The highest BCUT2D eigenvalue weighted by atomic mass is 16.3. The molecular formula is C56H104N24O11. The molecule has 0 aliphatic carbocycles. The van der Waals surface area contributed by atoms with Crippen LogP contribution in [0.15, 0.2) is 39.2 Å². The largest absolute Gasteiger partial charge is 0.508 e. The third-order valence-electron chi connectivity index (χ3n) is 14.1. The molecule has 1 aromatic carbocycles. The molecule has 0 spiro atoms. The minimum absolute atomic E-state index is 0.0201. The highest BCUT2D eigenvalue weighted by molar-refractivity contribution is 5.98. The number of amides is 10. The molecule has 35 heteroatoms. The molecule has 0 heterocycles. The van der Waals surface area contributed by atoms with Gasteiger partial charge in [0.25, 0.3) is 0 Å². The summed E-state index contributed by atoms with van der Waals surface area (Å²) in [5.41, 5.74) is 73.7. The molecule has 0 unspecified atom stereocenters. The molecule has 35 N–H and O–H groups in total. The lowest BCUT2D eigenvalue weighted by Crippen LogP contribution is -2.60. The number of unbranched alkanes of at least 4 members (excludes halogenated alkanes) is 4. The van der Waals surface area contributed by atoms with Crippen LogP contribution in [-0.2, 0) is 54.4 Å². The van der Waals surface area contributed by atoms with Gasteiger partial charge in [-0.3, -0.25) is 62.9 Å². The minimum atomic E-state index is -1.62. The summed E-state index contributed by atoms with van der Waals surface area (Å²) in [6.45, 7) is 1.26. The molecule has 35 nitrogen and oxygen atoms in total. The second kappa shape index (κ2) is 46.4. The molecule has 1 rings (SSSR count). The summed E-state index contributed by atoms with van der Waals surface area (Å²) < 4.78 is 0. The molecule has 0 saturated heterocycles. The van der Waals surface area contributed by atoms with Gasteiger partial charge in [-0.05, 0) is 166 Å². The van der Waals surface area contributed by atoms with Gasteiger partial charge >= 0.3 is 0 Å². The van der Waals surface area contributed by atoms with Gasteiger partial charge in [0, 0.05) is 32.5 Å². The summed E-state index contributed by atoms with van der Waals surface area (Å²) in [4.78, 5) is 150. The Balaban J connectivity index is 3.80. The first kappa shape index (κ1) is 80.3. The van der Waals surface area contributed by atoms with Crippen molar-refractivity contribution in [1.82, 2.24) is 42.5 Å². The van der Waals surface area contributed by atoms with Crippen LogP contribution < -0.4 is 117 Å². The molecule has 0 aromatic heterocycles. The summed E-state index contributed by atoms with van der Waals surface area (Å²) in [6.07, 6.45) is 2.88. The Morgan fingerprint density at radius 2 is 0.626 bits per heavy atom. The number of phenols is 1. The molecule has 0 bridgehead atoms. The van der Waals surface area contributed by atoms with Crippen LogP contribution in [0.4, 0.5) is 0 Å². The van der Waals surface area contributed by atoms with Crippen LogP contribution in [0, 0.1) is 0 Å².